The van der Waals surface area contributed by atoms with E-state index >= 15 is 0 Å². The van der Waals surface area contributed by atoms with Crippen molar-refractivity contribution in [3.8, 4) is 0 Å². The fraction of sp³-hybridized carbons (Fsp3) is 0.867. The summed E-state index contributed by atoms with van der Waals surface area (Å²) in [6.07, 6.45) is 12.0. The highest BCUT2D eigenvalue weighted by Gasteiger charge is 2.38. The second kappa shape index (κ2) is 5.11. The maximum Gasteiger partial charge on any atom is 0.0699 e. The Kier molecular flexibility index (Phi) is 3.53. The van der Waals surface area contributed by atoms with Gasteiger partial charge < -0.3 is 10.1 Å². The molecule has 0 aromatic carbocycles. The summed E-state index contributed by atoms with van der Waals surface area (Å²) in [6.45, 7) is 4.39. The van der Waals surface area contributed by atoms with Crippen LogP contribution in [0.15, 0.2) is 12.2 Å². The Morgan fingerprint density at radius 2 is 2.24 bits per heavy atom. The van der Waals surface area contributed by atoms with Gasteiger partial charge in [-0.2, -0.15) is 0 Å². The fourth-order valence-electron chi connectivity index (χ4n) is 3.84. The Morgan fingerprint density at radius 3 is 2.88 bits per heavy atom. The molecule has 5 atom stereocenters. The molecule has 0 aromatic rings. The van der Waals surface area contributed by atoms with Gasteiger partial charge in [0, 0.05) is 19.2 Å². The lowest BCUT2D eigenvalue weighted by molar-refractivity contribution is 0.0143. The van der Waals surface area contributed by atoms with Crippen molar-refractivity contribution in [2.24, 2.45) is 17.8 Å². The van der Waals surface area contributed by atoms with E-state index < -0.39 is 0 Å². The van der Waals surface area contributed by atoms with Crippen molar-refractivity contribution in [3.05, 3.63) is 12.2 Å². The zero-order valence-corrected chi connectivity index (χ0v) is 10.9. The van der Waals surface area contributed by atoms with E-state index in [-0.39, 0.29) is 0 Å². The average molecular weight is 235 g/mol. The Labute approximate surface area is 105 Å². The minimum Gasteiger partial charge on any atom is -0.377 e. The molecule has 0 amide bonds. The van der Waals surface area contributed by atoms with E-state index in [0.29, 0.717) is 12.1 Å². The summed E-state index contributed by atoms with van der Waals surface area (Å²) in [7, 11) is 0. The van der Waals surface area contributed by atoms with Crippen LogP contribution >= 0.6 is 0 Å². The van der Waals surface area contributed by atoms with Gasteiger partial charge in [0.25, 0.3) is 0 Å². The summed E-state index contributed by atoms with van der Waals surface area (Å²) >= 11 is 0. The normalized spacial score (nSPS) is 41.9. The summed E-state index contributed by atoms with van der Waals surface area (Å²) in [5.41, 5.74) is 0. The molecule has 1 saturated heterocycles. The first-order valence-electron chi connectivity index (χ1n) is 7.36. The van der Waals surface area contributed by atoms with Crippen LogP contribution < -0.4 is 5.32 Å². The van der Waals surface area contributed by atoms with Crippen LogP contribution in [0.3, 0.4) is 0 Å². The summed E-state index contributed by atoms with van der Waals surface area (Å²) in [5.74, 6) is 2.61. The molecule has 96 valence electrons. The van der Waals surface area contributed by atoms with Crippen molar-refractivity contribution in [2.75, 3.05) is 13.2 Å². The molecule has 2 fully saturated rings. The van der Waals surface area contributed by atoms with Crippen LogP contribution in [0.1, 0.15) is 39.0 Å². The molecular formula is C15H25NO. The molecule has 2 bridgehead atoms. The predicted octanol–water partition coefficient (Wildman–Crippen LogP) is 2.75. The molecule has 0 aromatic heterocycles. The van der Waals surface area contributed by atoms with Gasteiger partial charge >= 0.3 is 0 Å². The van der Waals surface area contributed by atoms with Crippen molar-refractivity contribution >= 4 is 0 Å². The van der Waals surface area contributed by atoms with Gasteiger partial charge in [-0.05, 0) is 56.8 Å². The zero-order chi connectivity index (χ0) is 11.7. The van der Waals surface area contributed by atoms with E-state index in [9.17, 15) is 0 Å². The summed E-state index contributed by atoms with van der Waals surface area (Å²) in [5, 5.41) is 3.72. The van der Waals surface area contributed by atoms with Crippen LogP contribution in [-0.2, 0) is 4.74 Å². The second-order valence-corrected chi connectivity index (χ2v) is 6.13. The molecule has 1 aliphatic heterocycles. The molecule has 17 heavy (non-hydrogen) atoms. The van der Waals surface area contributed by atoms with E-state index in [4.69, 9.17) is 4.74 Å². The molecule has 1 saturated carbocycles. The molecule has 2 nitrogen and oxygen atoms in total. The Balaban J connectivity index is 1.44. The SMILES string of the molecule is CC(NCC1CCCCO1)C1CC2C=CC1C2. The first-order chi connectivity index (χ1) is 8.33. The number of fused-ring (bicyclic) bond motifs is 2. The van der Waals surface area contributed by atoms with Crippen molar-refractivity contribution in [1.82, 2.24) is 5.32 Å². The van der Waals surface area contributed by atoms with Crippen LogP contribution in [0, 0.1) is 17.8 Å². The maximum absolute atomic E-state index is 5.78. The van der Waals surface area contributed by atoms with Gasteiger partial charge in [0.05, 0.1) is 6.10 Å². The van der Waals surface area contributed by atoms with E-state index in [2.05, 4.69) is 24.4 Å². The molecule has 3 aliphatic rings. The Hall–Kier alpha value is -0.340. The van der Waals surface area contributed by atoms with Gasteiger partial charge in [0.2, 0.25) is 0 Å². The third-order valence-electron chi connectivity index (χ3n) is 4.91. The van der Waals surface area contributed by atoms with Crippen LogP contribution in [0.2, 0.25) is 0 Å². The van der Waals surface area contributed by atoms with E-state index in [1.807, 2.05) is 0 Å². The molecule has 0 radical (unpaired) electrons. The minimum absolute atomic E-state index is 0.473. The Morgan fingerprint density at radius 1 is 1.29 bits per heavy atom. The highest BCUT2D eigenvalue weighted by Crippen LogP contribution is 2.44. The smallest absolute Gasteiger partial charge is 0.0699 e. The lowest BCUT2D eigenvalue weighted by Crippen LogP contribution is -2.41. The molecule has 0 spiro atoms. The van der Waals surface area contributed by atoms with E-state index in [1.165, 1.54) is 32.1 Å². The summed E-state index contributed by atoms with van der Waals surface area (Å²) < 4.78 is 5.78. The summed E-state index contributed by atoms with van der Waals surface area (Å²) in [6, 6.07) is 0.653. The standard InChI is InChI=1S/C15H25NO/c1-11(15-9-12-5-6-13(15)8-12)16-10-14-4-2-3-7-17-14/h5-6,11-16H,2-4,7-10H2,1H3. The fourth-order valence-corrected chi connectivity index (χ4v) is 3.84. The minimum atomic E-state index is 0.473. The third-order valence-corrected chi connectivity index (χ3v) is 4.91. The monoisotopic (exact) mass is 235 g/mol. The van der Waals surface area contributed by atoms with Gasteiger partial charge in [-0.15, -0.1) is 0 Å². The van der Waals surface area contributed by atoms with Crippen molar-refractivity contribution in [2.45, 2.75) is 51.2 Å². The topological polar surface area (TPSA) is 21.3 Å². The van der Waals surface area contributed by atoms with Gasteiger partial charge in [-0.3, -0.25) is 0 Å². The molecule has 2 heteroatoms. The average Bonchev–Trinajstić information content (AvgIpc) is 2.99. The zero-order valence-electron chi connectivity index (χ0n) is 10.9. The first kappa shape index (κ1) is 11.7. The second-order valence-electron chi connectivity index (χ2n) is 6.13. The molecular weight excluding hydrogens is 210 g/mol. The highest BCUT2D eigenvalue weighted by atomic mass is 16.5. The number of rotatable bonds is 4. The third kappa shape index (κ3) is 2.58. The lowest BCUT2D eigenvalue weighted by Gasteiger charge is -2.29. The quantitative estimate of drug-likeness (QED) is 0.757. The van der Waals surface area contributed by atoms with Gasteiger partial charge in [-0.25, -0.2) is 0 Å². The van der Waals surface area contributed by atoms with E-state index in [0.717, 1.165) is 30.9 Å². The number of allylic oxidation sites excluding steroid dienone is 2. The van der Waals surface area contributed by atoms with Crippen molar-refractivity contribution in [3.63, 3.8) is 0 Å². The predicted molar refractivity (Wildman–Crippen MR) is 69.9 cm³/mol. The molecule has 3 rings (SSSR count). The number of hydrogen-bond donors (Lipinski definition) is 1. The largest absolute Gasteiger partial charge is 0.377 e. The van der Waals surface area contributed by atoms with Crippen LogP contribution in [-0.4, -0.2) is 25.3 Å². The Bertz CT molecular complexity index is 283. The van der Waals surface area contributed by atoms with Crippen molar-refractivity contribution < 1.29 is 4.74 Å². The first-order valence-corrected chi connectivity index (χ1v) is 7.36. The number of hydrogen-bond acceptors (Lipinski definition) is 2. The highest BCUT2D eigenvalue weighted by molar-refractivity contribution is 5.11. The van der Waals surface area contributed by atoms with Gasteiger partial charge in [0.1, 0.15) is 0 Å². The van der Waals surface area contributed by atoms with E-state index in [1.54, 1.807) is 0 Å². The summed E-state index contributed by atoms with van der Waals surface area (Å²) in [4.78, 5) is 0. The molecule has 1 heterocycles. The van der Waals surface area contributed by atoms with Crippen molar-refractivity contribution in [1.29, 1.82) is 0 Å². The van der Waals surface area contributed by atoms with Gasteiger partial charge in [0.15, 0.2) is 0 Å². The van der Waals surface area contributed by atoms with Crippen LogP contribution in [0.4, 0.5) is 0 Å². The maximum atomic E-state index is 5.78. The number of ether oxygens (including phenoxy) is 1. The van der Waals surface area contributed by atoms with Gasteiger partial charge in [-0.1, -0.05) is 12.2 Å². The molecule has 2 aliphatic carbocycles. The van der Waals surface area contributed by atoms with Crippen LogP contribution in [0.5, 0.6) is 0 Å². The number of nitrogens with one attached hydrogen (secondary N) is 1. The molecule has 1 N–H and O–H groups in total. The molecule has 5 unspecified atom stereocenters. The lowest BCUT2D eigenvalue weighted by atomic mass is 9.87. The van der Waals surface area contributed by atoms with Crippen LogP contribution in [0.25, 0.3) is 0 Å².